The maximum Gasteiger partial charge on any atom is 0.231 e. The molecule has 1 aliphatic rings. The van der Waals surface area contributed by atoms with Gasteiger partial charge in [0.05, 0.1) is 6.54 Å². The monoisotopic (exact) mass is 367 g/mol. The van der Waals surface area contributed by atoms with E-state index < -0.39 is 11.6 Å². The number of guanidine groups is 1. The van der Waals surface area contributed by atoms with E-state index in [9.17, 15) is 13.6 Å². The first-order valence-corrected chi connectivity index (χ1v) is 8.81. The van der Waals surface area contributed by atoms with E-state index in [4.69, 9.17) is 5.73 Å². The maximum absolute atomic E-state index is 13.9. The molecule has 1 aromatic rings. The fourth-order valence-corrected chi connectivity index (χ4v) is 3.10. The molecule has 1 heterocycles. The lowest BCUT2D eigenvalue weighted by molar-refractivity contribution is -0.119. The van der Waals surface area contributed by atoms with E-state index in [1.54, 1.807) is 7.05 Å². The Hall–Kier alpha value is -2.22. The van der Waals surface area contributed by atoms with Gasteiger partial charge in [-0.15, -0.1) is 0 Å². The van der Waals surface area contributed by atoms with Crippen molar-refractivity contribution in [3.05, 3.63) is 35.4 Å². The third-order valence-corrected chi connectivity index (χ3v) is 4.60. The van der Waals surface area contributed by atoms with E-state index in [1.807, 2.05) is 11.8 Å². The first kappa shape index (κ1) is 20.1. The minimum Gasteiger partial charge on any atom is -0.369 e. The summed E-state index contributed by atoms with van der Waals surface area (Å²) in [4.78, 5) is 17.2. The van der Waals surface area contributed by atoms with E-state index in [0.29, 0.717) is 24.6 Å². The summed E-state index contributed by atoms with van der Waals surface area (Å²) in [6.45, 7) is 4.24. The largest absolute Gasteiger partial charge is 0.369 e. The van der Waals surface area contributed by atoms with Gasteiger partial charge in [0.1, 0.15) is 11.6 Å². The van der Waals surface area contributed by atoms with Crippen molar-refractivity contribution in [3.63, 3.8) is 0 Å². The van der Waals surface area contributed by atoms with Gasteiger partial charge in [0.25, 0.3) is 0 Å². The number of likely N-dealkylation sites (tertiary alicyclic amines) is 1. The topological polar surface area (TPSA) is 82.8 Å². The average molecular weight is 367 g/mol. The summed E-state index contributed by atoms with van der Waals surface area (Å²) in [7, 11) is 1.68. The third kappa shape index (κ3) is 5.94. The number of hydrogen-bond acceptors (Lipinski definition) is 3. The molecule has 1 fully saturated rings. The number of primary amides is 1. The molecule has 2 rings (SSSR count). The van der Waals surface area contributed by atoms with Crippen molar-refractivity contribution < 1.29 is 13.6 Å². The van der Waals surface area contributed by atoms with Crippen LogP contribution < -0.4 is 16.4 Å². The Bertz CT molecular complexity index is 644. The van der Waals surface area contributed by atoms with Gasteiger partial charge in [0.2, 0.25) is 5.91 Å². The van der Waals surface area contributed by atoms with Gasteiger partial charge < -0.3 is 16.4 Å². The first-order valence-electron chi connectivity index (χ1n) is 8.81. The second-order valence-corrected chi connectivity index (χ2v) is 6.68. The van der Waals surface area contributed by atoms with E-state index >= 15 is 0 Å². The van der Waals surface area contributed by atoms with Crippen molar-refractivity contribution in [1.82, 2.24) is 15.5 Å². The summed E-state index contributed by atoms with van der Waals surface area (Å²) < 4.78 is 26.9. The fraction of sp³-hybridized carbons (Fsp3) is 0.556. The smallest absolute Gasteiger partial charge is 0.231 e. The molecular weight excluding hydrogens is 340 g/mol. The van der Waals surface area contributed by atoms with Crippen molar-refractivity contribution in [1.29, 1.82) is 0 Å². The molecule has 1 saturated heterocycles. The summed E-state index contributed by atoms with van der Waals surface area (Å²) in [5.74, 6) is -0.911. The average Bonchev–Trinajstić information content (AvgIpc) is 2.59. The van der Waals surface area contributed by atoms with Crippen molar-refractivity contribution >= 4 is 11.9 Å². The Labute approximate surface area is 152 Å². The van der Waals surface area contributed by atoms with Gasteiger partial charge >= 0.3 is 0 Å². The highest BCUT2D eigenvalue weighted by atomic mass is 19.1. The molecule has 1 aliphatic heterocycles. The van der Waals surface area contributed by atoms with Crippen LogP contribution in [0.25, 0.3) is 0 Å². The molecule has 0 bridgehead atoms. The summed E-state index contributed by atoms with van der Waals surface area (Å²) >= 11 is 0. The highest BCUT2D eigenvalue weighted by Crippen LogP contribution is 2.19. The van der Waals surface area contributed by atoms with Gasteiger partial charge in [-0.3, -0.25) is 14.7 Å². The lowest BCUT2D eigenvalue weighted by Crippen LogP contribution is -2.50. The lowest BCUT2D eigenvalue weighted by Gasteiger charge is -2.32. The van der Waals surface area contributed by atoms with Crippen molar-refractivity contribution in [2.75, 3.05) is 33.2 Å². The van der Waals surface area contributed by atoms with Crippen LogP contribution in [0.3, 0.4) is 0 Å². The number of aliphatic imine (C=N–C) groups is 1. The molecule has 1 unspecified atom stereocenters. The normalized spacial score (nSPS) is 17.8. The zero-order valence-corrected chi connectivity index (χ0v) is 15.3. The minimum atomic E-state index is -0.577. The standard InChI is InChI=1S/C18H27F2N5O/c1-12(15-4-3-13(19)9-16(15)20)10-23-18(22-2)24-14-5-7-25(8-6-14)11-17(21)26/h3-4,9,12,14H,5-8,10-11H2,1-2H3,(H2,21,26)(H2,22,23,24). The van der Waals surface area contributed by atoms with Crippen LogP contribution in [-0.2, 0) is 4.79 Å². The Morgan fingerprint density at radius 1 is 1.38 bits per heavy atom. The molecule has 1 aromatic carbocycles. The van der Waals surface area contributed by atoms with Crippen LogP contribution in [-0.4, -0.2) is 56.0 Å². The number of benzene rings is 1. The Balaban J connectivity index is 1.80. The molecule has 144 valence electrons. The molecule has 0 saturated carbocycles. The molecule has 26 heavy (non-hydrogen) atoms. The number of carbonyl (C=O) groups excluding carboxylic acids is 1. The van der Waals surface area contributed by atoms with Crippen LogP contribution in [0, 0.1) is 11.6 Å². The molecular formula is C18H27F2N5O. The van der Waals surface area contributed by atoms with Gasteiger partial charge in [-0.2, -0.15) is 0 Å². The van der Waals surface area contributed by atoms with Gasteiger partial charge in [0, 0.05) is 44.7 Å². The number of nitrogens with zero attached hydrogens (tertiary/aromatic N) is 2. The lowest BCUT2D eigenvalue weighted by atomic mass is 10.0. The van der Waals surface area contributed by atoms with E-state index in [2.05, 4.69) is 15.6 Å². The molecule has 6 nitrogen and oxygen atoms in total. The summed E-state index contributed by atoms with van der Waals surface area (Å²) in [6.07, 6.45) is 1.77. The van der Waals surface area contributed by atoms with Crippen LogP contribution in [0.2, 0.25) is 0 Å². The second kappa shape index (κ2) is 9.47. The zero-order chi connectivity index (χ0) is 19.1. The van der Waals surface area contributed by atoms with Gasteiger partial charge in [0.15, 0.2) is 5.96 Å². The van der Waals surface area contributed by atoms with Crippen LogP contribution in [0.4, 0.5) is 8.78 Å². The van der Waals surface area contributed by atoms with Crippen LogP contribution in [0.5, 0.6) is 0 Å². The second-order valence-electron chi connectivity index (χ2n) is 6.68. The number of nitrogens with one attached hydrogen (secondary N) is 2. The molecule has 1 atom stereocenters. The molecule has 4 N–H and O–H groups in total. The Morgan fingerprint density at radius 2 is 2.08 bits per heavy atom. The highest BCUT2D eigenvalue weighted by Gasteiger charge is 2.21. The number of halogens is 2. The Morgan fingerprint density at radius 3 is 2.65 bits per heavy atom. The molecule has 0 spiro atoms. The first-order chi connectivity index (χ1) is 12.4. The molecule has 0 aliphatic carbocycles. The highest BCUT2D eigenvalue weighted by molar-refractivity contribution is 5.80. The summed E-state index contributed by atoms with van der Waals surface area (Å²) in [5.41, 5.74) is 5.69. The van der Waals surface area contributed by atoms with E-state index in [-0.39, 0.29) is 17.9 Å². The SMILES string of the molecule is CN=C(NCC(C)c1ccc(F)cc1F)NC1CCN(CC(N)=O)CC1. The fourth-order valence-electron chi connectivity index (χ4n) is 3.10. The predicted octanol–water partition coefficient (Wildman–Crippen LogP) is 1.18. The Kier molecular flexibility index (Phi) is 7.32. The van der Waals surface area contributed by atoms with Gasteiger partial charge in [-0.05, 0) is 24.5 Å². The van der Waals surface area contributed by atoms with Gasteiger partial charge in [-0.25, -0.2) is 8.78 Å². The molecule has 8 heteroatoms. The number of amides is 1. The number of carbonyl (C=O) groups is 1. The maximum atomic E-state index is 13.9. The van der Waals surface area contributed by atoms with Crippen LogP contribution in [0.1, 0.15) is 31.2 Å². The van der Waals surface area contributed by atoms with Crippen molar-refractivity contribution in [2.24, 2.45) is 10.7 Å². The third-order valence-electron chi connectivity index (χ3n) is 4.60. The summed E-state index contributed by atoms with van der Waals surface area (Å²) in [5, 5.41) is 6.54. The van der Waals surface area contributed by atoms with Crippen LogP contribution >= 0.6 is 0 Å². The minimum absolute atomic E-state index is 0.133. The van der Waals surface area contributed by atoms with Crippen molar-refractivity contribution in [3.8, 4) is 0 Å². The number of nitrogens with two attached hydrogens (primary N) is 1. The van der Waals surface area contributed by atoms with Gasteiger partial charge in [-0.1, -0.05) is 13.0 Å². The van der Waals surface area contributed by atoms with E-state index in [0.717, 1.165) is 32.0 Å². The number of piperidine rings is 1. The quantitative estimate of drug-likeness (QED) is 0.521. The number of hydrogen-bond donors (Lipinski definition) is 3. The van der Waals surface area contributed by atoms with Crippen LogP contribution in [0.15, 0.2) is 23.2 Å². The van der Waals surface area contributed by atoms with E-state index in [1.165, 1.54) is 12.1 Å². The van der Waals surface area contributed by atoms with Crippen molar-refractivity contribution in [2.45, 2.75) is 31.7 Å². The molecule has 0 aromatic heterocycles. The number of rotatable bonds is 6. The summed E-state index contributed by atoms with van der Waals surface area (Å²) in [6, 6.07) is 3.89. The molecule has 1 amide bonds. The predicted molar refractivity (Wildman–Crippen MR) is 97.9 cm³/mol. The zero-order valence-electron chi connectivity index (χ0n) is 15.3. The molecule has 0 radical (unpaired) electrons.